The van der Waals surface area contributed by atoms with Gasteiger partial charge in [0.05, 0.1) is 7.11 Å². The largest absolute Gasteiger partial charge is 0.508 e. The molecule has 2 aromatic carbocycles. The molecule has 2 unspecified atom stereocenters. The van der Waals surface area contributed by atoms with Crippen LogP contribution in [-0.4, -0.2) is 17.3 Å². The molecule has 98 valence electrons. The lowest BCUT2D eigenvalue weighted by atomic mass is 9.65. The molecule has 0 radical (unpaired) electrons. The number of aromatic hydroxyl groups is 2. The molecule has 0 saturated heterocycles. The highest BCUT2D eigenvalue weighted by molar-refractivity contribution is 5.67. The highest BCUT2D eigenvalue weighted by Crippen LogP contribution is 2.59. The topological polar surface area (TPSA) is 49.7 Å². The maximum absolute atomic E-state index is 10.3. The van der Waals surface area contributed by atoms with Gasteiger partial charge in [-0.25, -0.2) is 0 Å². The van der Waals surface area contributed by atoms with Crippen LogP contribution in [0.5, 0.6) is 17.2 Å². The van der Waals surface area contributed by atoms with Crippen molar-refractivity contribution in [3.63, 3.8) is 0 Å². The lowest BCUT2D eigenvalue weighted by Crippen LogP contribution is -2.23. The Labute approximate surface area is 112 Å². The molecule has 1 aliphatic carbocycles. The van der Waals surface area contributed by atoms with E-state index in [-0.39, 0.29) is 23.3 Å². The Hall–Kier alpha value is -2.16. The van der Waals surface area contributed by atoms with Gasteiger partial charge in [-0.1, -0.05) is 37.3 Å². The number of ether oxygens (including phenoxy) is 1. The summed E-state index contributed by atoms with van der Waals surface area (Å²) in [7, 11) is 1.49. The zero-order valence-corrected chi connectivity index (χ0v) is 10.9. The predicted octanol–water partition coefficient (Wildman–Crippen LogP) is 3.36. The molecule has 2 atom stereocenters. The molecule has 0 bridgehead atoms. The van der Waals surface area contributed by atoms with Crippen LogP contribution >= 0.6 is 0 Å². The standard InChI is InChI=1S/C16H16O3/c1-9-13(10-6-4-3-5-7-10)15-14(9)11(17)8-12(19-2)16(15)18/h3-9,13,17-18H,1-2H3. The number of phenolic OH excluding ortho intramolecular Hbond substituents is 2. The molecular weight excluding hydrogens is 240 g/mol. The summed E-state index contributed by atoms with van der Waals surface area (Å²) in [5.74, 6) is 0.960. The summed E-state index contributed by atoms with van der Waals surface area (Å²) >= 11 is 0. The van der Waals surface area contributed by atoms with E-state index < -0.39 is 0 Å². The van der Waals surface area contributed by atoms with Crippen molar-refractivity contribution < 1.29 is 14.9 Å². The average molecular weight is 256 g/mol. The molecule has 0 fully saturated rings. The number of methoxy groups -OCH3 is 1. The smallest absolute Gasteiger partial charge is 0.164 e. The van der Waals surface area contributed by atoms with Crippen molar-refractivity contribution in [3.8, 4) is 17.2 Å². The van der Waals surface area contributed by atoms with Crippen molar-refractivity contribution in [2.24, 2.45) is 0 Å². The molecule has 0 saturated carbocycles. The van der Waals surface area contributed by atoms with Crippen molar-refractivity contribution in [2.75, 3.05) is 7.11 Å². The quantitative estimate of drug-likeness (QED) is 0.810. The van der Waals surface area contributed by atoms with E-state index in [1.54, 1.807) is 0 Å². The number of fused-ring (bicyclic) bond motifs is 1. The van der Waals surface area contributed by atoms with E-state index in [9.17, 15) is 10.2 Å². The second-order valence-electron chi connectivity index (χ2n) is 4.95. The molecular formula is C16H16O3. The van der Waals surface area contributed by atoms with Crippen LogP contribution in [0, 0.1) is 0 Å². The number of benzene rings is 2. The molecule has 0 aliphatic heterocycles. The first kappa shape index (κ1) is 11.9. The third-order valence-electron chi connectivity index (χ3n) is 3.97. The van der Waals surface area contributed by atoms with Gasteiger partial charge >= 0.3 is 0 Å². The Morgan fingerprint density at radius 3 is 2.37 bits per heavy atom. The normalized spacial score (nSPS) is 20.5. The molecule has 3 heteroatoms. The van der Waals surface area contributed by atoms with Crippen molar-refractivity contribution in [3.05, 3.63) is 53.1 Å². The van der Waals surface area contributed by atoms with Crippen LogP contribution in [0.25, 0.3) is 0 Å². The maximum Gasteiger partial charge on any atom is 0.164 e. The Bertz CT molecular complexity index is 620. The number of hydrogen-bond donors (Lipinski definition) is 2. The first-order valence-electron chi connectivity index (χ1n) is 6.32. The van der Waals surface area contributed by atoms with Crippen LogP contribution in [0.2, 0.25) is 0 Å². The molecule has 3 nitrogen and oxygen atoms in total. The SMILES string of the molecule is COc1cc(O)c2c(c1O)C(c1ccccc1)C2C. The summed E-state index contributed by atoms with van der Waals surface area (Å²) < 4.78 is 5.10. The molecule has 2 aromatic rings. The monoisotopic (exact) mass is 256 g/mol. The van der Waals surface area contributed by atoms with Crippen molar-refractivity contribution in [1.82, 2.24) is 0 Å². The summed E-state index contributed by atoms with van der Waals surface area (Å²) in [6.07, 6.45) is 0. The minimum atomic E-state index is 0.109. The summed E-state index contributed by atoms with van der Waals surface area (Å²) in [5.41, 5.74) is 2.76. The van der Waals surface area contributed by atoms with E-state index in [2.05, 4.69) is 6.92 Å². The van der Waals surface area contributed by atoms with Gasteiger partial charge in [0.1, 0.15) is 5.75 Å². The van der Waals surface area contributed by atoms with Crippen molar-refractivity contribution in [1.29, 1.82) is 0 Å². The van der Waals surface area contributed by atoms with E-state index in [0.717, 1.165) is 16.7 Å². The lowest BCUT2D eigenvalue weighted by molar-refractivity contribution is 0.351. The zero-order valence-electron chi connectivity index (χ0n) is 10.9. The van der Waals surface area contributed by atoms with Gasteiger partial charge in [0, 0.05) is 23.1 Å². The first-order valence-corrected chi connectivity index (χ1v) is 6.32. The summed E-state index contributed by atoms with van der Waals surface area (Å²) in [6.45, 7) is 2.06. The van der Waals surface area contributed by atoms with E-state index in [1.165, 1.54) is 13.2 Å². The minimum Gasteiger partial charge on any atom is -0.508 e. The Morgan fingerprint density at radius 2 is 1.74 bits per heavy atom. The van der Waals surface area contributed by atoms with E-state index in [1.807, 2.05) is 30.3 Å². The predicted molar refractivity (Wildman–Crippen MR) is 73.0 cm³/mol. The average Bonchev–Trinajstić information content (AvgIpc) is 2.41. The molecule has 2 N–H and O–H groups in total. The Morgan fingerprint density at radius 1 is 1.05 bits per heavy atom. The third kappa shape index (κ3) is 1.58. The lowest BCUT2D eigenvalue weighted by Gasteiger charge is -2.39. The van der Waals surface area contributed by atoms with E-state index in [0.29, 0.717) is 5.75 Å². The summed E-state index contributed by atoms with van der Waals surface area (Å²) in [5, 5.41) is 20.3. The van der Waals surface area contributed by atoms with Crippen LogP contribution in [0.3, 0.4) is 0 Å². The molecule has 0 amide bonds. The van der Waals surface area contributed by atoms with Gasteiger partial charge in [-0.05, 0) is 11.5 Å². The minimum absolute atomic E-state index is 0.109. The summed E-state index contributed by atoms with van der Waals surface area (Å²) in [6, 6.07) is 11.5. The van der Waals surface area contributed by atoms with Gasteiger partial charge in [0.25, 0.3) is 0 Å². The van der Waals surface area contributed by atoms with Crippen LogP contribution < -0.4 is 4.74 Å². The van der Waals surface area contributed by atoms with Crippen LogP contribution in [0.4, 0.5) is 0 Å². The fourth-order valence-electron chi connectivity index (χ4n) is 3.05. The highest BCUT2D eigenvalue weighted by Gasteiger charge is 2.41. The number of hydrogen-bond acceptors (Lipinski definition) is 3. The van der Waals surface area contributed by atoms with Crippen molar-refractivity contribution >= 4 is 0 Å². The van der Waals surface area contributed by atoms with Gasteiger partial charge in [-0.3, -0.25) is 0 Å². The molecule has 0 heterocycles. The Balaban J connectivity index is 2.17. The van der Waals surface area contributed by atoms with Gasteiger partial charge < -0.3 is 14.9 Å². The highest BCUT2D eigenvalue weighted by atomic mass is 16.5. The number of phenols is 2. The van der Waals surface area contributed by atoms with Crippen LogP contribution in [0.1, 0.15) is 35.4 Å². The molecule has 0 spiro atoms. The van der Waals surface area contributed by atoms with Crippen LogP contribution in [-0.2, 0) is 0 Å². The second kappa shape index (κ2) is 4.19. The maximum atomic E-state index is 10.3. The van der Waals surface area contributed by atoms with Gasteiger partial charge in [0.15, 0.2) is 11.5 Å². The second-order valence-corrected chi connectivity index (χ2v) is 4.95. The molecule has 0 aromatic heterocycles. The first-order chi connectivity index (χ1) is 9.15. The van der Waals surface area contributed by atoms with Gasteiger partial charge in [-0.2, -0.15) is 0 Å². The van der Waals surface area contributed by atoms with E-state index in [4.69, 9.17) is 4.74 Å². The van der Waals surface area contributed by atoms with Gasteiger partial charge in [-0.15, -0.1) is 0 Å². The number of rotatable bonds is 2. The fraction of sp³-hybridized carbons (Fsp3) is 0.250. The molecule has 1 aliphatic rings. The third-order valence-corrected chi connectivity index (χ3v) is 3.97. The fourth-order valence-corrected chi connectivity index (χ4v) is 3.05. The van der Waals surface area contributed by atoms with Crippen LogP contribution in [0.15, 0.2) is 36.4 Å². The Kier molecular flexibility index (Phi) is 2.63. The zero-order chi connectivity index (χ0) is 13.6. The summed E-state index contributed by atoms with van der Waals surface area (Å²) in [4.78, 5) is 0. The van der Waals surface area contributed by atoms with Gasteiger partial charge in [0.2, 0.25) is 0 Å². The van der Waals surface area contributed by atoms with E-state index >= 15 is 0 Å². The molecule has 3 rings (SSSR count). The van der Waals surface area contributed by atoms with Crippen molar-refractivity contribution in [2.45, 2.75) is 18.8 Å². The molecule has 19 heavy (non-hydrogen) atoms.